The molecule has 0 saturated heterocycles. The molecule has 0 heterocycles. The van der Waals surface area contributed by atoms with Crippen LogP contribution in [-0.2, 0) is 21.4 Å². The number of amides is 1. The van der Waals surface area contributed by atoms with E-state index in [0.29, 0.717) is 11.6 Å². The van der Waals surface area contributed by atoms with Crippen molar-refractivity contribution in [2.24, 2.45) is 0 Å². The second-order valence-corrected chi connectivity index (χ2v) is 10.5. The van der Waals surface area contributed by atoms with E-state index in [1.165, 1.54) is 12.1 Å². The van der Waals surface area contributed by atoms with Crippen LogP contribution in [0.4, 0.5) is 5.69 Å². The summed E-state index contributed by atoms with van der Waals surface area (Å²) in [5, 5.41) is 2.83. The number of benzene rings is 3. The molecule has 0 aliphatic rings. The Morgan fingerprint density at radius 1 is 0.912 bits per heavy atom. The molecule has 0 atom stereocenters. The molecule has 0 fully saturated rings. The van der Waals surface area contributed by atoms with E-state index < -0.39 is 15.9 Å². The fourth-order valence-electron chi connectivity index (χ4n) is 3.45. The van der Waals surface area contributed by atoms with Gasteiger partial charge < -0.3 is 10.1 Å². The van der Waals surface area contributed by atoms with Gasteiger partial charge in [-0.15, -0.1) is 0 Å². The molecule has 0 aromatic heterocycles. The van der Waals surface area contributed by atoms with Gasteiger partial charge in [0.25, 0.3) is 10.0 Å². The monoisotopic (exact) mass is 480 g/mol. The lowest BCUT2D eigenvalue weighted by atomic mass is 10.0. The number of carbonyl (C=O) groups excluding carboxylic acids is 1. The number of ether oxygens (including phenoxy) is 1. The lowest BCUT2D eigenvalue weighted by Crippen LogP contribution is -2.40. The summed E-state index contributed by atoms with van der Waals surface area (Å²) in [6, 6.07) is 22.9. The summed E-state index contributed by atoms with van der Waals surface area (Å²) >= 11 is 0. The summed E-state index contributed by atoms with van der Waals surface area (Å²) in [5.41, 5.74) is 2.40. The fraction of sp³-hybridized carbons (Fsp3) is 0.296. The van der Waals surface area contributed by atoms with Crippen molar-refractivity contribution in [3.8, 4) is 5.75 Å². The Balaban J connectivity index is 1.80. The predicted octanol–water partition coefficient (Wildman–Crippen LogP) is 5.11. The molecule has 7 heteroatoms. The summed E-state index contributed by atoms with van der Waals surface area (Å²) in [6.07, 6.45) is 0.0451. The standard InChI is InChI=1S/C27H32N2O4S/c1-20(2)23-13-15-24(16-14-23)29(34(31,32)26-11-6-5-7-12-26)19-27(30)28-18-22-9-8-10-25(17-22)33-21(3)4/h5-17,20-21H,18-19H2,1-4H3,(H,28,30). The zero-order valence-corrected chi connectivity index (χ0v) is 20.9. The molecule has 0 aliphatic carbocycles. The minimum atomic E-state index is -3.93. The minimum absolute atomic E-state index is 0.0451. The Kier molecular flexibility index (Phi) is 8.34. The summed E-state index contributed by atoms with van der Waals surface area (Å²) in [5.74, 6) is 0.634. The topological polar surface area (TPSA) is 75.7 Å². The van der Waals surface area contributed by atoms with Crippen LogP contribution in [0.5, 0.6) is 5.75 Å². The fourth-order valence-corrected chi connectivity index (χ4v) is 4.89. The van der Waals surface area contributed by atoms with Gasteiger partial charge in [-0.05, 0) is 67.3 Å². The number of rotatable bonds is 10. The molecule has 180 valence electrons. The number of hydrogen-bond acceptors (Lipinski definition) is 4. The SMILES string of the molecule is CC(C)Oc1cccc(CNC(=O)CN(c2ccc(C(C)C)cc2)S(=O)(=O)c2ccccc2)c1. The first-order valence-electron chi connectivity index (χ1n) is 11.4. The van der Waals surface area contributed by atoms with E-state index >= 15 is 0 Å². The molecule has 3 rings (SSSR count). The van der Waals surface area contributed by atoms with Gasteiger partial charge in [0, 0.05) is 6.54 Å². The van der Waals surface area contributed by atoms with Crippen LogP contribution in [0, 0.1) is 0 Å². The van der Waals surface area contributed by atoms with E-state index in [1.807, 2.05) is 50.2 Å². The van der Waals surface area contributed by atoms with Gasteiger partial charge in [0.05, 0.1) is 16.7 Å². The number of nitrogens with one attached hydrogen (secondary N) is 1. The van der Waals surface area contributed by atoms with Crippen LogP contribution in [0.2, 0.25) is 0 Å². The number of sulfonamides is 1. The molecular formula is C27H32N2O4S. The van der Waals surface area contributed by atoms with Crippen molar-refractivity contribution in [1.82, 2.24) is 5.32 Å². The average Bonchev–Trinajstić information content (AvgIpc) is 2.81. The van der Waals surface area contributed by atoms with Crippen molar-refractivity contribution in [3.05, 3.63) is 90.0 Å². The Labute approximate surface area is 202 Å². The zero-order chi connectivity index (χ0) is 24.7. The quantitative estimate of drug-likeness (QED) is 0.438. The average molecular weight is 481 g/mol. The summed E-state index contributed by atoms with van der Waals surface area (Å²) < 4.78 is 33.7. The van der Waals surface area contributed by atoms with Crippen molar-refractivity contribution >= 4 is 21.6 Å². The first-order valence-corrected chi connectivity index (χ1v) is 12.8. The molecule has 0 bridgehead atoms. The molecule has 34 heavy (non-hydrogen) atoms. The van der Waals surface area contributed by atoms with Crippen molar-refractivity contribution in [2.45, 2.75) is 51.2 Å². The van der Waals surface area contributed by atoms with Crippen LogP contribution in [0.1, 0.15) is 44.7 Å². The highest BCUT2D eigenvalue weighted by atomic mass is 32.2. The Hall–Kier alpha value is -3.32. The van der Waals surface area contributed by atoms with E-state index in [1.54, 1.807) is 30.3 Å². The molecule has 1 N–H and O–H groups in total. The number of anilines is 1. The van der Waals surface area contributed by atoms with E-state index in [0.717, 1.165) is 21.2 Å². The third-order valence-electron chi connectivity index (χ3n) is 5.23. The van der Waals surface area contributed by atoms with Crippen molar-refractivity contribution < 1.29 is 17.9 Å². The second-order valence-electron chi connectivity index (χ2n) is 8.66. The third kappa shape index (κ3) is 6.60. The molecule has 0 unspecified atom stereocenters. The van der Waals surface area contributed by atoms with Gasteiger partial charge in [-0.25, -0.2) is 8.42 Å². The molecule has 0 spiro atoms. The molecule has 0 aliphatic heterocycles. The van der Waals surface area contributed by atoms with Crippen LogP contribution in [0.25, 0.3) is 0 Å². The van der Waals surface area contributed by atoms with Crippen LogP contribution < -0.4 is 14.4 Å². The first kappa shape index (κ1) is 25.3. The van der Waals surface area contributed by atoms with Crippen molar-refractivity contribution in [2.75, 3.05) is 10.8 Å². The van der Waals surface area contributed by atoms with Gasteiger partial charge in [-0.2, -0.15) is 0 Å². The Morgan fingerprint density at radius 2 is 1.59 bits per heavy atom. The maximum atomic E-state index is 13.4. The van der Waals surface area contributed by atoms with Crippen LogP contribution >= 0.6 is 0 Å². The largest absolute Gasteiger partial charge is 0.491 e. The highest BCUT2D eigenvalue weighted by Crippen LogP contribution is 2.26. The molecule has 3 aromatic rings. The van der Waals surface area contributed by atoms with E-state index in [9.17, 15) is 13.2 Å². The van der Waals surface area contributed by atoms with E-state index in [4.69, 9.17) is 4.74 Å². The number of hydrogen-bond donors (Lipinski definition) is 1. The van der Waals surface area contributed by atoms with Crippen LogP contribution in [0.3, 0.4) is 0 Å². The lowest BCUT2D eigenvalue weighted by molar-refractivity contribution is -0.119. The molecule has 0 saturated carbocycles. The zero-order valence-electron chi connectivity index (χ0n) is 20.1. The Morgan fingerprint density at radius 3 is 2.21 bits per heavy atom. The van der Waals surface area contributed by atoms with E-state index in [2.05, 4.69) is 19.2 Å². The minimum Gasteiger partial charge on any atom is -0.491 e. The predicted molar refractivity (Wildman–Crippen MR) is 136 cm³/mol. The highest BCUT2D eigenvalue weighted by molar-refractivity contribution is 7.92. The lowest BCUT2D eigenvalue weighted by Gasteiger charge is -2.24. The number of nitrogens with zero attached hydrogens (tertiary/aromatic N) is 1. The third-order valence-corrected chi connectivity index (χ3v) is 7.01. The van der Waals surface area contributed by atoms with Gasteiger partial charge in [0.15, 0.2) is 0 Å². The van der Waals surface area contributed by atoms with Crippen molar-refractivity contribution in [1.29, 1.82) is 0 Å². The van der Waals surface area contributed by atoms with Gasteiger partial charge in [0.2, 0.25) is 5.91 Å². The maximum absolute atomic E-state index is 13.4. The highest BCUT2D eigenvalue weighted by Gasteiger charge is 2.27. The maximum Gasteiger partial charge on any atom is 0.264 e. The molecule has 6 nitrogen and oxygen atoms in total. The summed E-state index contributed by atoms with van der Waals surface area (Å²) in [7, 11) is -3.93. The normalized spacial score (nSPS) is 11.5. The number of carbonyl (C=O) groups is 1. The van der Waals surface area contributed by atoms with Gasteiger partial charge in [-0.1, -0.05) is 56.3 Å². The first-order chi connectivity index (χ1) is 16.2. The van der Waals surface area contributed by atoms with Crippen LogP contribution in [0.15, 0.2) is 83.8 Å². The molecule has 0 radical (unpaired) electrons. The van der Waals surface area contributed by atoms with Crippen LogP contribution in [-0.4, -0.2) is 27.0 Å². The summed E-state index contributed by atoms with van der Waals surface area (Å²) in [6.45, 7) is 7.97. The molecular weight excluding hydrogens is 448 g/mol. The molecule has 3 aromatic carbocycles. The Bertz CT molecular complexity index is 1190. The van der Waals surface area contributed by atoms with E-state index in [-0.39, 0.29) is 24.1 Å². The molecule has 1 amide bonds. The van der Waals surface area contributed by atoms with Gasteiger partial charge >= 0.3 is 0 Å². The second kappa shape index (κ2) is 11.2. The van der Waals surface area contributed by atoms with Crippen molar-refractivity contribution in [3.63, 3.8) is 0 Å². The smallest absolute Gasteiger partial charge is 0.264 e. The van der Waals surface area contributed by atoms with Gasteiger partial charge in [-0.3, -0.25) is 9.10 Å². The van der Waals surface area contributed by atoms with Gasteiger partial charge in [0.1, 0.15) is 12.3 Å². The summed E-state index contributed by atoms with van der Waals surface area (Å²) in [4.78, 5) is 13.0.